The summed E-state index contributed by atoms with van der Waals surface area (Å²) in [7, 11) is 0. The lowest BCUT2D eigenvalue weighted by Crippen LogP contribution is -1.87. The molecule has 0 aliphatic heterocycles. The van der Waals surface area contributed by atoms with Crippen molar-refractivity contribution >= 4 is 33.5 Å². The Kier molecular flexibility index (Phi) is 3.72. The van der Waals surface area contributed by atoms with E-state index in [1.807, 2.05) is 30.3 Å². The number of nitrogens with zero attached hydrogens (tertiary/aromatic N) is 5. The van der Waals surface area contributed by atoms with Gasteiger partial charge in [-0.05, 0) is 49.4 Å². The van der Waals surface area contributed by atoms with Crippen LogP contribution < -0.4 is 0 Å². The molecule has 7 nitrogen and oxygen atoms in total. The summed E-state index contributed by atoms with van der Waals surface area (Å²) >= 11 is 1.74. The molecule has 6 heterocycles. The number of aromatic nitrogens is 7. The maximum atomic E-state index is 4.85. The van der Waals surface area contributed by atoms with E-state index in [1.165, 1.54) is 9.75 Å². The van der Waals surface area contributed by atoms with E-state index in [2.05, 4.69) is 44.2 Å². The van der Waals surface area contributed by atoms with E-state index in [4.69, 9.17) is 9.97 Å². The number of aromatic amines is 2. The van der Waals surface area contributed by atoms with Gasteiger partial charge in [0.15, 0.2) is 17.2 Å². The van der Waals surface area contributed by atoms with Crippen LogP contribution in [0, 0.1) is 6.92 Å². The fourth-order valence-electron chi connectivity index (χ4n) is 3.55. The second-order valence-electron chi connectivity index (χ2n) is 6.95. The Morgan fingerprint density at radius 1 is 0.867 bits per heavy atom. The van der Waals surface area contributed by atoms with E-state index in [0.717, 1.165) is 39.0 Å². The van der Waals surface area contributed by atoms with Crippen molar-refractivity contribution in [3.63, 3.8) is 0 Å². The topological polar surface area (TPSA) is 96.0 Å². The van der Waals surface area contributed by atoms with Crippen LogP contribution >= 0.6 is 11.3 Å². The minimum atomic E-state index is 0.642. The molecular formula is C22H15N7S. The number of aryl methyl sites for hydroxylation is 1. The Morgan fingerprint density at radius 2 is 1.77 bits per heavy atom. The van der Waals surface area contributed by atoms with E-state index in [1.54, 1.807) is 29.9 Å². The van der Waals surface area contributed by atoms with Gasteiger partial charge in [0, 0.05) is 39.5 Å². The van der Waals surface area contributed by atoms with E-state index in [0.29, 0.717) is 11.5 Å². The van der Waals surface area contributed by atoms with Crippen molar-refractivity contribution in [2.75, 3.05) is 0 Å². The van der Waals surface area contributed by atoms with Crippen LogP contribution in [0.4, 0.5) is 0 Å². The van der Waals surface area contributed by atoms with Crippen LogP contribution in [-0.4, -0.2) is 35.1 Å². The molecule has 0 saturated heterocycles. The number of nitrogens with one attached hydrogen (secondary N) is 2. The molecule has 0 radical (unpaired) electrons. The van der Waals surface area contributed by atoms with Gasteiger partial charge in [-0.15, -0.1) is 11.3 Å². The average Bonchev–Trinajstić information content (AvgIpc) is 3.51. The number of fused-ring (bicyclic) bond motifs is 2. The highest BCUT2D eigenvalue weighted by Gasteiger charge is 2.17. The van der Waals surface area contributed by atoms with Crippen molar-refractivity contribution in [2.45, 2.75) is 6.92 Å². The van der Waals surface area contributed by atoms with Crippen LogP contribution in [0.15, 0.2) is 61.1 Å². The third-order valence-electron chi connectivity index (χ3n) is 5.00. The fourth-order valence-corrected chi connectivity index (χ4v) is 4.44. The van der Waals surface area contributed by atoms with E-state index in [-0.39, 0.29) is 0 Å². The first-order valence-corrected chi connectivity index (χ1v) is 10.3. The van der Waals surface area contributed by atoms with Gasteiger partial charge in [0.2, 0.25) is 0 Å². The molecule has 0 saturated carbocycles. The number of H-pyrrole nitrogens is 2. The Hall–Kier alpha value is -3.91. The molecule has 0 aliphatic rings. The molecule has 6 aromatic rings. The molecule has 6 rings (SSSR count). The monoisotopic (exact) mass is 409 g/mol. The van der Waals surface area contributed by atoms with E-state index < -0.39 is 0 Å². The van der Waals surface area contributed by atoms with Gasteiger partial charge in [0.05, 0.1) is 11.2 Å². The zero-order valence-corrected chi connectivity index (χ0v) is 16.7. The molecular weight excluding hydrogens is 394 g/mol. The molecule has 0 fully saturated rings. The van der Waals surface area contributed by atoms with E-state index >= 15 is 0 Å². The average molecular weight is 409 g/mol. The largest absolute Gasteiger partial charge is 0.321 e. The SMILES string of the molecule is Cc1ccc(-c2ccnc3[nH]c(-c4n[nH]c5ccc(-c6ccncc6)nc45)nc23)s1. The molecule has 6 aromatic heterocycles. The molecule has 144 valence electrons. The highest BCUT2D eigenvalue weighted by Crippen LogP contribution is 2.34. The summed E-state index contributed by atoms with van der Waals surface area (Å²) in [6.07, 6.45) is 5.32. The van der Waals surface area contributed by atoms with Crippen molar-refractivity contribution in [2.24, 2.45) is 0 Å². The second kappa shape index (κ2) is 6.57. The molecule has 0 aliphatic carbocycles. The lowest BCUT2D eigenvalue weighted by molar-refractivity contribution is 1.10. The molecule has 0 bridgehead atoms. The van der Waals surface area contributed by atoms with Gasteiger partial charge in [-0.3, -0.25) is 10.1 Å². The standard InChI is InChI=1S/C22H15N7S/c1-12-2-5-17(30-12)14-8-11-24-21-18(14)26-22(27-21)20-19-16(28-29-20)4-3-15(25-19)13-6-9-23-10-7-13/h2-11H,1H3,(H,28,29)(H,24,26,27). The van der Waals surface area contributed by atoms with Crippen LogP contribution in [0.2, 0.25) is 0 Å². The summed E-state index contributed by atoms with van der Waals surface area (Å²) in [5, 5.41) is 7.54. The highest BCUT2D eigenvalue weighted by atomic mass is 32.1. The number of hydrogen-bond donors (Lipinski definition) is 2. The summed E-state index contributed by atoms with van der Waals surface area (Å²) in [6, 6.07) is 14.1. The predicted octanol–water partition coefficient (Wildman–Crippen LogP) is 5.00. The number of imidazole rings is 1. The van der Waals surface area contributed by atoms with Gasteiger partial charge >= 0.3 is 0 Å². The van der Waals surface area contributed by atoms with Gasteiger partial charge in [-0.1, -0.05) is 0 Å². The third kappa shape index (κ3) is 2.69. The smallest absolute Gasteiger partial charge is 0.162 e. The van der Waals surface area contributed by atoms with Crippen molar-refractivity contribution in [1.29, 1.82) is 0 Å². The first-order valence-electron chi connectivity index (χ1n) is 9.44. The summed E-state index contributed by atoms with van der Waals surface area (Å²) in [4.78, 5) is 24.0. The minimum absolute atomic E-state index is 0.642. The first kappa shape index (κ1) is 17.0. The highest BCUT2D eigenvalue weighted by molar-refractivity contribution is 7.15. The molecule has 30 heavy (non-hydrogen) atoms. The molecule has 0 spiro atoms. The zero-order chi connectivity index (χ0) is 20.1. The van der Waals surface area contributed by atoms with Gasteiger partial charge in [0.25, 0.3) is 0 Å². The predicted molar refractivity (Wildman–Crippen MR) is 118 cm³/mol. The van der Waals surface area contributed by atoms with Crippen molar-refractivity contribution < 1.29 is 0 Å². The molecule has 0 aromatic carbocycles. The number of pyridine rings is 3. The van der Waals surface area contributed by atoms with Gasteiger partial charge in [-0.25, -0.2) is 15.0 Å². The van der Waals surface area contributed by atoms with Crippen molar-refractivity contribution in [3.05, 3.63) is 65.9 Å². The lowest BCUT2D eigenvalue weighted by Gasteiger charge is -2.00. The number of thiophene rings is 1. The van der Waals surface area contributed by atoms with Crippen LogP contribution in [0.3, 0.4) is 0 Å². The third-order valence-corrected chi connectivity index (χ3v) is 6.03. The normalized spacial score (nSPS) is 11.5. The summed E-state index contributed by atoms with van der Waals surface area (Å²) < 4.78 is 0. The zero-order valence-electron chi connectivity index (χ0n) is 15.9. The van der Waals surface area contributed by atoms with Crippen molar-refractivity contribution in [3.8, 4) is 33.2 Å². The van der Waals surface area contributed by atoms with Gasteiger partial charge in [0.1, 0.15) is 11.0 Å². The van der Waals surface area contributed by atoms with Gasteiger partial charge in [-0.2, -0.15) is 5.10 Å². The molecule has 0 amide bonds. The maximum absolute atomic E-state index is 4.85. The molecule has 2 N–H and O–H groups in total. The number of rotatable bonds is 3. The minimum Gasteiger partial charge on any atom is -0.321 e. The summed E-state index contributed by atoms with van der Waals surface area (Å²) in [6.45, 7) is 2.10. The fraction of sp³-hybridized carbons (Fsp3) is 0.0455. The Labute approximate surface area is 174 Å². The number of hydrogen-bond acceptors (Lipinski definition) is 6. The maximum Gasteiger partial charge on any atom is 0.162 e. The Morgan fingerprint density at radius 3 is 2.60 bits per heavy atom. The Balaban J connectivity index is 1.52. The Bertz CT molecular complexity index is 1510. The van der Waals surface area contributed by atoms with Crippen LogP contribution in [0.1, 0.15) is 4.88 Å². The van der Waals surface area contributed by atoms with Crippen LogP contribution in [0.25, 0.3) is 55.4 Å². The van der Waals surface area contributed by atoms with Crippen LogP contribution in [-0.2, 0) is 0 Å². The lowest BCUT2D eigenvalue weighted by atomic mass is 10.1. The summed E-state index contributed by atoms with van der Waals surface area (Å²) in [5.74, 6) is 0.642. The summed E-state index contributed by atoms with van der Waals surface area (Å²) in [5.41, 5.74) is 6.77. The quantitative estimate of drug-likeness (QED) is 0.429. The molecule has 0 atom stereocenters. The molecule has 0 unspecified atom stereocenters. The van der Waals surface area contributed by atoms with Crippen molar-refractivity contribution in [1.82, 2.24) is 35.1 Å². The van der Waals surface area contributed by atoms with E-state index in [9.17, 15) is 0 Å². The van der Waals surface area contributed by atoms with Gasteiger partial charge < -0.3 is 4.98 Å². The molecule has 8 heteroatoms. The first-order chi connectivity index (χ1) is 14.8. The van der Waals surface area contributed by atoms with Crippen LogP contribution in [0.5, 0.6) is 0 Å². The second-order valence-corrected chi connectivity index (χ2v) is 8.24.